The molecule has 4 fully saturated rings. The topological polar surface area (TPSA) is 161 Å². The van der Waals surface area contributed by atoms with Crippen molar-refractivity contribution < 1.29 is 19.4 Å². The van der Waals surface area contributed by atoms with E-state index in [1.54, 1.807) is 4.57 Å². The van der Waals surface area contributed by atoms with Crippen molar-refractivity contribution in [3.63, 3.8) is 0 Å². The second-order valence-electron chi connectivity index (χ2n) is 10.7. The maximum atomic E-state index is 12.1. The molecule has 4 saturated carbocycles. The number of aliphatic hydroxyl groups excluding tert-OH is 1. The summed E-state index contributed by atoms with van der Waals surface area (Å²) in [5, 5.41) is 11.9. The van der Waals surface area contributed by atoms with E-state index in [0.29, 0.717) is 12.3 Å². The number of nitrogens with one attached hydrogen (secondary N) is 2. The van der Waals surface area contributed by atoms with Gasteiger partial charge in [0.15, 0.2) is 5.52 Å². The van der Waals surface area contributed by atoms with E-state index in [1.165, 1.54) is 44.9 Å². The van der Waals surface area contributed by atoms with Gasteiger partial charge < -0.3 is 35.5 Å². The van der Waals surface area contributed by atoms with Crippen LogP contribution in [0.15, 0.2) is 11.1 Å². The van der Waals surface area contributed by atoms with E-state index in [4.69, 9.17) is 20.3 Å². The number of imidazole rings is 1. The Hall–Kier alpha value is -2.54. The van der Waals surface area contributed by atoms with Crippen LogP contribution in [-0.4, -0.2) is 88.0 Å². The van der Waals surface area contributed by atoms with Crippen LogP contribution in [0.4, 0.5) is 5.95 Å². The Morgan fingerprint density at radius 3 is 2.50 bits per heavy atom. The Bertz CT molecular complexity index is 1050. The Kier molecular flexibility index (Phi) is 8.60. The van der Waals surface area contributed by atoms with Gasteiger partial charge in [-0.05, 0) is 70.4 Å². The average Bonchev–Trinajstić information content (AvgIpc) is 3.19. The highest BCUT2D eigenvalue weighted by Crippen LogP contribution is 2.55. The Morgan fingerprint density at radius 1 is 1.22 bits per heavy atom. The summed E-state index contributed by atoms with van der Waals surface area (Å²) in [5.41, 5.74) is 5.73. The quantitative estimate of drug-likeness (QED) is 0.333. The first-order chi connectivity index (χ1) is 17.3. The van der Waals surface area contributed by atoms with Gasteiger partial charge in [0.05, 0.1) is 26.1 Å². The van der Waals surface area contributed by atoms with Gasteiger partial charge in [-0.15, -0.1) is 0 Å². The molecule has 12 heteroatoms. The zero-order chi connectivity index (χ0) is 25.7. The number of ether oxygens (including phenoxy) is 2. The fourth-order valence-corrected chi connectivity index (χ4v) is 6.31. The number of nitrogens with zero attached hydrogens (tertiary/aromatic N) is 4. The number of nitrogens with two attached hydrogens (primary N) is 1. The summed E-state index contributed by atoms with van der Waals surface area (Å²) in [4.78, 5) is 35.7. The molecule has 4 aliphatic carbocycles. The minimum absolute atomic E-state index is 0.0291. The molecule has 2 heterocycles. The first-order valence-corrected chi connectivity index (χ1v) is 12.7. The van der Waals surface area contributed by atoms with Crippen molar-refractivity contribution in [2.75, 3.05) is 52.8 Å². The molecule has 200 valence electrons. The van der Waals surface area contributed by atoms with Gasteiger partial charge in [-0.1, -0.05) is 0 Å². The van der Waals surface area contributed by atoms with Crippen LogP contribution >= 0.6 is 0 Å². The van der Waals surface area contributed by atoms with Gasteiger partial charge in [0.2, 0.25) is 11.9 Å². The number of carbonyl (C=O) groups excluding carboxylic acids is 1. The molecule has 36 heavy (non-hydrogen) atoms. The minimum atomic E-state index is -0.479. The predicted octanol–water partition coefficient (Wildman–Crippen LogP) is 0.318. The highest BCUT2D eigenvalue weighted by atomic mass is 16.5. The lowest BCUT2D eigenvalue weighted by atomic mass is 9.53. The van der Waals surface area contributed by atoms with Crippen molar-refractivity contribution in [2.24, 2.45) is 17.8 Å². The molecule has 1 amide bonds. The number of aromatic nitrogens is 4. The molecule has 4 aliphatic rings. The van der Waals surface area contributed by atoms with Crippen LogP contribution in [0.3, 0.4) is 0 Å². The summed E-state index contributed by atoms with van der Waals surface area (Å²) in [5.74, 6) is 2.73. The molecule has 0 radical (unpaired) electrons. The Labute approximate surface area is 210 Å². The van der Waals surface area contributed by atoms with E-state index >= 15 is 0 Å². The van der Waals surface area contributed by atoms with Gasteiger partial charge in [0.25, 0.3) is 0 Å². The summed E-state index contributed by atoms with van der Waals surface area (Å²) in [6.07, 6.45) is 9.31. The number of nitrogen functional groups attached to an aromatic ring is 1. The second kappa shape index (κ2) is 11.7. The van der Waals surface area contributed by atoms with Crippen molar-refractivity contribution in [3.05, 3.63) is 16.7 Å². The fraction of sp³-hybridized carbons (Fsp3) is 0.750. The maximum absolute atomic E-state index is 12.1. The number of H-pyrrole nitrogens is 1. The molecule has 0 aliphatic heterocycles. The Morgan fingerprint density at radius 2 is 1.89 bits per heavy atom. The number of anilines is 1. The van der Waals surface area contributed by atoms with E-state index in [1.807, 2.05) is 14.1 Å². The Balaban J connectivity index is 0.000000174. The molecule has 0 aromatic carbocycles. The SMILES string of the molecule is CN(C)CCOCC(=O)NC12CC3CC(CC(C3)C1)C2.Nc1nc(=O)c2ncn(COCCO)c2[nH]1. The largest absolute Gasteiger partial charge is 0.394 e. The van der Waals surface area contributed by atoms with Crippen LogP contribution in [0.1, 0.15) is 38.5 Å². The van der Waals surface area contributed by atoms with Crippen molar-refractivity contribution in [1.82, 2.24) is 29.7 Å². The number of hydrogen-bond donors (Lipinski definition) is 4. The summed E-state index contributed by atoms with van der Waals surface area (Å²) in [6.45, 7) is 2.04. The summed E-state index contributed by atoms with van der Waals surface area (Å²) >= 11 is 0. The second-order valence-corrected chi connectivity index (χ2v) is 10.7. The van der Waals surface area contributed by atoms with Crippen LogP contribution in [0.2, 0.25) is 0 Å². The first-order valence-electron chi connectivity index (χ1n) is 12.7. The molecule has 6 rings (SSSR count). The summed E-state index contributed by atoms with van der Waals surface area (Å²) in [7, 11) is 4.03. The molecule has 0 atom stereocenters. The number of amides is 1. The smallest absolute Gasteiger partial charge is 0.302 e. The minimum Gasteiger partial charge on any atom is -0.394 e. The lowest BCUT2D eigenvalue weighted by Crippen LogP contribution is -2.60. The molecular formula is C24H39N7O5. The van der Waals surface area contributed by atoms with Crippen molar-refractivity contribution in [1.29, 1.82) is 0 Å². The van der Waals surface area contributed by atoms with Gasteiger partial charge in [0, 0.05) is 12.1 Å². The monoisotopic (exact) mass is 505 g/mol. The van der Waals surface area contributed by atoms with Crippen molar-refractivity contribution in [2.45, 2.75) is 50.8 Å². The van der Waals surface area contributed by atoms with Gasteiger partial charge in [-0.2, -0.15) is 4.98 Å². The first kappa shape index (κ1) is 26.5. The molecule has 12 nitrogen and oxygen atoms in total. The number of hydrogen-bond acceptors (Lipinski definition) is 9. The van der Waals surface area contributed by atoms with E-state index in [2.05, 4.69) is 25.2 Å². The zero-order valence-electron chi connectivity index (χ0n) is 21.2. The number of carbonyl (C=O) groups is 1. The number of aromatic amines is 1. The van der Waals surface area contributed by atoms with E-state index in [0.717, 1.165) is 24.3 Å². The van der Waals surface area contributed by atoms with Crippen molar-refractivity contribution in [3.8, 4) is 0 Å². The van der Waals surface area contributed by atoms with Crippen LogP contribution in [0.25, 0.3) is 11.2 Å². The number of aliphatic hydroxyl groups is 1. The normalized spacial score (nSPS) is 26.3. The van der Waals surface area contributed by atoms with E-state index in [-0.39, 0.29) is 49.5 Å². The fourth-order valence-electron chi connectivity index (χ4n) is 6.31. The number of rotatable bonds is 10. The lowest BCUT2D eigenvalue weighted by molar-refractivity contribution is -0.131. The van der Waals surface area contributed by atoms with Gasteiger partial charge in [-0.25, -0.2) is 4.98 Å². The third-order valence-electron chi connectivity index (χ3n) is 7.33. The molecule has 0 spiro atoms. The van der Waals surface area contributed by atoms with Crippen LogP contribution in [0, 0.1) is 17.8 Å². The summed E-state index contributed by atoms with van der Waals surface area (Å²) in [6, 6.07) is 0. The molecule has 0 unspecified atom stereocenters. The zero-order valence-corrected chi connectivity index (χ0v) is 21.2. The van der Waals surface area contributed by atoms with Gasteiger partial charge in [-0.3, -0.25) is 14.2 Å². The van der Waals surface area contributed by atoms with Gasteiger partial charge >= 0.3 is 5.56 Å². The summed E-state index contributed by atoms with van der Waals surface area (Å²) < 4.78 is 12.1. The molecule has 2 aromatic rings. The van der Waals surface area contributed by atoms with E-state index in [9.17, 15) is 9.59 Å². The number of likely N-dealkylation sites (N-methyl/N-ethyl adjacent to an activating group) is 1. The average molecular weight is 506 g/mol. The molecule has 0 saturated heterocycles. The number of fused-ring (bicyclic) bond motifs is 1. The molecule has 5 N–H and O–H groups in total. The third kappa shape index (κ3) is 6.61. The highest BCUT2D eigenvalue weighted by molar-refractivity contribution is 5.78. The third-order valence-corrected chi connectivity index (χ3v) is 7.33. The molecular weight excluding hydrogens is 466 g/mol. The predicted molar refractivity (Wildman–Crippen MR) is 134 cm³/mol. The van der Waals surface area contributed by atoms with Crippen LogP contribution < -0.4 is 16.6 Å². The lowest BCUT2D eigenvalue weighted by Gasteiger charge is -2.56. The van der Waals surface area contributed by atoms with Gasteiger partial charge in [0.1, 0.15) is 19.0 Å². The van der Waals surface area contributed by atoms with Crippen molar-refractivity contribution >= 4 is 23.0 Å². The van der Waals surface area contributed by atoms with Crippen LogP contribution in [-0.2, 0) is 21.0 Å². The highest BCUT2D eigenvalue weighted by Gasteiger charge is 2.51. The molecule has 2 aromatic heterocycles. The standard InChI is InChI=1S/C16H28N2O2.C8H11N5O3/c1-18(2)3-4-20-11-15(19)17-16-8-12-5-13(9-16)7-14(6-12)10-16;9-8-11-6-5(7(15)12-8)10-3-13(6)4-16-2-1-14/h12-14H,3-11H2,1-2H3,(H,17,19);3,14H,1-2,4H2,(H3,9,11,12,15). The van der Waals surface area contributed by atoms with E-state index < -0.39 is 5.56 Å². The molecule has 4 bridgehead atoms. The maximum Gasteiger partial charge on any atom is 0.302 e. The van der Waals surface area contributed by atoms with Crippen LogP contribution in [0.5, 0.6) is 0 Å².